The number of hydrogen-bond donors (Lipinski definition) is 4. The number of hydrogen-bond acceptors (Lipinski definition) is 21. The van der Waals surface area contributed by atoms with E-state index in [0.717, 1.165) is 59.9 Å². The van der Waals surface area contributed by atoms with Crippen LogP contribution in [0.15, 0.2) is 121 Å². The Hall–Kier alpha value is -10.9. The minimum absolute atomic E-state index is 0. The number of carboxylic acid groups (broad SMARTS) is 1. The molecule has 0 aliphatic carbocycles. The number of anilines is 5. The number of imide groups is 2. The van der Waals surface area contributed by atoms with Crippen LogP contribution in [0, 0.1) is 11.3 Å². The molecule has 0 saturated carbocycles. The summed E-state index contributed by atoms with van der Waals surface area (Å²) in [5.74, 6) is -3.39. The molecule has 0 atom stereocenters. The van der Waals surface area contributed by atoms with Crippen LogP contribution in [-0.2, 0) is 43.2 Å². The number of carbonyl (C=O) groups is 13. The van der Waals surface area contributed by atoms with Crippen molar-refractivity contribution in [1.82, 2.24) is 20.8 Å². The molecule has 92 heavy (non-hydrogen) atoms. The lowest BCUT2D eigenvalue weighted by atomic mass is 10.2. The molecule has 2 aliphatic heterocycles. The summed E-state index contributed by atoms with van der Waals surface area (Å²) in [4.78, 5) is 154. The highest BCUT2D eigenvalue weighted by molar-refractivity contribution is 6.02. The number of aliphatic carboxylic acids is 1. The monoisotopic (exact) mass is 1270 g/mol. The molecule has 2 aliphatic rings. The summed E-state index contributed by atoms with van der Waals surface area (Å²) >= 11 is 0. The highest BCUT2D eigenvalue weighted by Gasteiger charge is 2.33. The van der Waals surface area contributed by atoms with Crippen molar-refractivity contribution in [1.29, 1.82) is 5.26 Å². The highest BCUT2D eigenvalue weighted by Crippen LogP contribution is 2.19. The van der Waals surface area contributed by atoms with Crippen LogP contribution in [0.3, 0.4) is 0 Å². The third-order valence-electron chi connectivity index (χ3n) is 13.4. The Kier molecular flexibility index (Phi) is 37.5. The molecular weight excluding hydrogens is 1190 g/mol. The second kappa shape index (κ2) is 43.7. The normalized spacial score (nSPS) is 11.5. The van der Waals surface area contributed by atoms with Gasteiger partial charge in [0.2, 0.25) is 11.8 Å². The fourth-order valence-electron chi connectivity index (χ4n) is 7.58. The lowest BCUT2D eigenvalue weighted by Crippen LogP contribution is -2.33. The van der Waals surface area contributed by atoms with Crippen LogP contribution in [0.25, 0.3) is 0 Å². The maximum Gasteiger partial charge on any atom is 0.334 e. The summed E-state index contributed by atoms with van der Waals surface area (Å²) in [5, 5.41) is 31.2. The second-order valence-electron chi connectivity index (χ2n) is 19.9. The number of carbonyl (C=O) groups excluding carboxylic acids is 12. The highest BCUT2D eigenvalue weighted by atomic mass is 16.7. The molecule has 5 aromatic carbocycles. The number of carboxylic acids is 1. The first kappa shape index (κ1) is 79.1. The van der Waals surface area contributed by atoms with Crippen molar-refractivity contribution < 1.29 is 77.5 Å². The van der Waals surface area contributed by atoms with Gasteiger partial charge in [0, 0.05) is 177 Å². The number of nitrogens with one attached hydrogen (secondary N) is 2. The summed E-state index contributed by atoms with van der Waals surface area (Å²) < 4.78 is 0. The van der Waals surface area contributed by atoms with Crippen LogP contribution < -0.4 is 35.1 Å². The number of rotatable bonds is 25. The number of nitriles is 1. The molecule has 0 unspecified atom stereocenters. The van der Waals surface area contributed by atoms with E-state index in [0.29, 0.717) is 84.9 Å². The molecule has 6 amide bonds. The number of hydroxylamine groups is 4. The fourth-order valence-corrected chi connectivity index (χ4v) is 7.58. The van der Waals surface area contributed by atoms with Gasteiger partial charge in [0.25, 0.3) is 23.6 Å². The average Bonchev–Trinajstić information content (AvgIpc) is 2.76. The third-order valence-corrected chi connectivity index (χ3v) is 13.4. The van der Waals surface area contributed by atoms with Gasteiger partial charge in [-0.1, -0.05) is 7.43 Å². The van der Waals surface area contributed by atoms with Gasteiger partial charge in [-0.05, 0) is 121 Å². The van der Waals surface area contributed by atoms with E-state index < -0.39 is 35.6 Å². The van der Waals surface area contributed by atoms with Gasteiger partial charge in [0.05, 0.1) is 25.3 Å². The molecule has 492 valence electrons. The predicted octanol–water partition coefficient (Wildman–Crippen LogP) is 6.50. The largest absolute Gasteiger partial charge is 0.481 e. The topological polar surface area (TPSA) is 342 Å². The number of amides is 6. The van der Waals surface area contributed by atoms with Crippen molar-refractivity contribution in [2.24, 2.45) is 0 Å². The summed E-state index contributed by atoms with van der Waals surface area (Å²) in [5.41, 5.74) is 7.92. The summed E-state index contributed by atoms with van der Waals surface area (Å²) in [6.07, 6.45) is 5.99. The van der Waals surface area contributed by atoms with E-state index in [4.69, 9.17) is 20.4 Å². The lowest BCUT2D eigenvalue weighted by molar-refractivity contribution is -0.197. The molecule has 7 rings (SSSR count). The Morgan fingerprint density at radius 2 is 0.707 bits per heavy atom. The third kappa shape index (κ3) is 29.8. The molecule has 0 bridgehead atoms. The molecule has 0 aromatic heterocycles. The maximum absolute atomic E-state index is 11.7. The Morgan fingerprint density at radius 1 is 0.457 bits per heavy atom. The molecule has 4 N–H and O–H groups in total. The summed E-state index contributed by atoms with van der Waals surface area (Å²) in [6, 6.07) is 37.8. The molecule has 2 fully saturated rings. The van der Waals surface area contributed by atoms with E-state index in [9.17, 15) is 62.3 Å². The SMILES string of the molecule is C.CN(CCC#N)c1ccc(C=O)cc1.CN(CCC(=O)O)c1ccc(C=O)cc1.CN(CCC(=O)ON1C(=O)CCC1=O)c1ccc(C=O)cc1.CNC(=O)CCN(C)c1ccc(C=O)cc1.CNC(=O)CCN(C)c1ccc(C=O)cc1.O=C1CCC(=O)N1O. The molecule has 5 aromatic rings. The van der Waals surface area contributed by atoms with E-state index in [1.165, 1.54) is 0 Å². The van der Waals surface area contributed by atoms with Crippen molar-refractivity contribution in [3.05, 3.63) is 149 Å². The van der Waals surface area contributed by atoms with Gasteiger partial charge in [-0.25, -0.2) is 4.79 Å². The number of benzene rings is 5. The molecule has 0 radical (unpaired) electrons. The summed E-state index contributed by atoms with van der Waals surface area (Å²) in [7, 11) is 12.6. The molecule has 2 heterocycles. The van der Waals surface area contributed by atoms with Gasteiger partial charge in [-0.3, -0.25) is 62.7 Å². The Balaban J connectivity index is 0.000000561. The van der Waals surface area contributed by atoms with Gasteiger partial charge in [0.1, 0.15) is 31.4 Å². The first-order valence-corrected chi connectivity index (χ1v) is 28.4. The Morgan fingerprint density at radius 3 is 0.935 bits per heavy atom. The quantitative estimate of drug-likeness (QED) is 0.0275. The Labute approximate surface area is 535 Å². The Bertz CT molecular complexity index is 3130. The van der Waals surface area contributed by atoms with Crippen LogP contribution in [0.5, 0.6) is 0 Å². The van der Waals surface area contributed by atoms with E-state index in [2.05, 4.69) is 16.7 Å². The van der Waals surface area contributed by atoms with Crippen LogP contribution >= 0.6 is 0 Å². The maximum atomic E-state index is 11.7. The minimum Gasteiger partial charge on any atom is -0.481 e. The van der Waals surface area contributed by atoms with Crippen LogP contribution in [0.4, 0.5) is 28.4 Å². The van der Waals surface area contributed by atoms with Gasteiger partial charge in [-0.2, -0.15) is 10.3 Å². The second-order valence-corrected chi connectivity index (χ2v) is 19.9. The molecular formula is C66H82N10O16. The number of nitrogens with zero attached hydrogens (tertiary/aromatic N) is 8. The van der Waals surface area contributed by atoms with E-state index in [1.807, 2.05) is 89.1 Å². The molecule has 26 heteroatoms. The van der Waals surface area contributed by atoms with Gasteiger partial charge < -0.3 is 45.1 Å². The standard InChI is InChI=1S/C15H16N2O5.2C12H16N2O2.C11H12N2O.C11H13NO3.C4H5NO3.CH4/c1-16(12-4-2-11(10-18)3-5-12)9-8-15(21)22-17-13(19)6-7-14(17)20;2*1-13-12(16)7-8-14(2)11-5-3-10(9-15)4-6-11;1-13(8-2-7-12)11-5-3-10(9-14)4-6-11;1-12(7-6-11(14)15)10-4-2-9(8-13)3-5-10;6-3-1-2-4(7)5(3)8;/h2-5,10H,6-9H2,1H3;2*3-6,9H,7-8H2,1-2H3,(H,13,16);3-6,9H,2,8H2,1H3;2-5,8H,6-7H2,1H3,(H,14,15);8H,1-2H2;1H4. The van der Waals surface area contributed by atoms with Gasteiger partial charge in [-0.15, -0.1) is 5.06 Å². The van der Waals surface area contributed by atoms with E-state index in [1.54, 1.807) is 106 Å². The molecule has 26 nitrogen and oxygen atoms in total. The number of aldehydes is 5. The lowest BCUT2D eigenvalue weighted by Gasteiger charge is -2.19. The fraction of sp³-hybridized carbons (Fsp3) is 0.333. The molecule has 2 saturated heterocycles. The van der Waals surface area contributed by atoms with E-state index >= 15 is 0 Å². The minimum atomic E-state index is -0.814. The van der Waals surface area contributed by atoms with Crippen molar-refractivity contribution in [2.45, 2.75) is 65.2 Å². The van der Waals surface area contributed by atoms with Crippen LogP contribution in [0.2, 0.25) is 0 Å². The zero-order chi connectivity index (χ0) is 67.8. The van der Waals surface area contributed by atoms with Crippen molar-refractivity contribution >= 4 is 107 Å². The van der Waals surface area contributed by atoms with E-state index in [-0.39, 0.29) is 62.8 Å². The zero-order valence-electron chi connectivity index (χ0n) is 52.0. The predicted molar refractivity (Wildman–Crippen MR) is 347 cm³/mol. The zero-order valence-corrected chi connectivity index (χ0v) is 52.0. The van der Waals surface area contributed by atoms with Crippen LogP contribution in [0.1, 0.15) is 117 Å². The van der Waals surface area contributed by atoms with Crippen molar-refractivity contribution in [3.63, 3.8) is 0 Å². The van der Waals surface area contributed by atoms with Crippen molar-refractivity contribution in [3.8, 4) is 6.07 Å². The first-order chi connectivity index (χ1) is 43.5. The average molecular weight is 1270 g/mol. The van der Waals surface area contributed by atoms with Crippen LogP contribution in [-0.4, -0.2) is 181 Å². The van der Waals surface area contributed by atoms with Crippen molar-refractivity contribution in [2.75, 3.05) is 107 Å². The first-order valence-electron chi connectivity index (χ1n) is 28.4. The molecule has 0 spiro atoms. The smallest absolute Gasteiger partial charge is 0.334 e. The van der Waals surface area contributed by atoms with Gasteiger partial charge in [0.15, 0.2) is 0 Å². The van der Waals surface area contributed by atoms with Gasteiger partial charge >= 0.3 is 11.9 Å². The summed E-state index contributed by atoms with van der Waals surface area (Å²) in [6.45, 7) is 2.82.